The first-order chi connectivity index (χ1) is 6.27. The van der Waals surface area contributed by atoms with Gasteiger partial charge < -0.3 is 0 Å². The zero-order chi connectivity index (χ0) is 9.26. The second-order valence-electron chi connectivity index (χ2n) is 3.00. The quantitative estimate of drug-likeness (QED) is 0.659. The Hall–Kier alpha value is -1.64. The first-order valence-electron chi connectivity index (χ1n) is 4.23. The second-order valence-corrected chi connectivity index (χ2v) is 3.00. The van der Waals surface area contributed by atoms with E-state index in [9.17, 15) is 0 Å². The van der Waals surface area contributed by atoms with Gasteiger partial charge in [-0.15, -0.1) is 0 Å². The van der Waals surface area contributed by atoms with Gasteiger partial charge in [0.15, 0.2) is 0 Å². The topological polar surface area (TPSA) is 30.7 Å². The van der Waals surface area contributed by atoms with Crippen LogP contribution in [0.2, 0.25) is 0 Å². The molecule has 13 heavy (non-hydrogen) atoms. The summed E-state index contributed by atoms with van der Waals surface area (Å²) in [6.45, 7) is 3.92. The molecule has 0 saturated heterocycles. The van der Waals surface area contributed by atoms with Crippen LogP contribution in [0.15, 0.2) is 30.3 Å². The summed E-state index contributed by atoms with van der Waals surface area (Å²) < 4.78 is 0. The van der Waals surface area contributed by atoms with Crippen LogP contribution in [-0.2, 0) is 0 Å². The van der Waals surface area contributed by atoms with E-state index in [1.54, 1.807) is 4.80 Å². The number of benzene rings is 1. The average Bonchev–Trinajstić information content (AvgIpc) is 2.49. The molecule has 2 aromatic rings. The van der Waals surface area contributed by atoms with Gasteiger partial charge in [0, 0.05) is 0 Å². The van der Waals surface area contributed by atoms with Gasteiger partial charge in [-0.2, -0.15) is 15.0 Å². The summed E-state index contributed by atoms with van der Waals surface area (Å²) in [5.74, 6) is 0. The summed E-state index contributed by atoms with van der Waals surface area (Å²) in [4.78, 5) is 1.66. The van der Waals surface area contributed by atoms with E-state index in [1.165, 1.54) is 0 Å². The smallest absolute Gasteiger partial charge is 0.0856 e. The maximum absolute atomic E-state index is 4.29. The zero-order valence-corrected chi connectivity index (χ0v) is 7.73. The summed E-state index contributed by atoms with van der Waals surface area (Å²) in [6, 6.07) is 9.90. The molecule has 3 nitrogen and oxygen atoms in total. The molecular formula is C10H11N3. The summed E-state index contributed by atoms with van der Waals surface area (Å²) in [5, 5.41) is 8.57. The van der Waals surface area contributed by atoms with Crippen LogP contribution < -0.4 is 0 Å². The molecule has 1 aromatic heterocycles. The number of nitrogens with zero attached hydrogens (tertiary/aromatic N) is 3. The summed E-state index contributed by atoms with van der Waals surface area (Å²) in [7, 11) is 0. The third-order valence-electron chi connectivity index (χ3n) is 2.00. The fraction of sp³-hybridized carbons (Fsp3) is 0.200. The molecule has 0 saturated carbocycles. The molecule has 0 bridgehead atoms. The predicted octanol–water partition coefficient (Wildman–Crippen LogP) is 1.88. The Kier molecular flexibility index (Phi) is 1.85. The normalized spacial score (nSPS) is 10.3. The lowest BCUT2D eigenvalue weighted by atomic mass is 10.3. The highest BCUT2D eigenvalue weighted by molar-refractivity contribution is 5.29. The van der Waals surface area contributed by atoms with Crippen molar-refractivity contribution in [1.29, 1.82) is 0 Å². The molecule has 2 rings (SSSR count). The van der Waals surface area contributed by atoms with Gasteiger partial charge in [-0.1, -0.05) is 18.2 Å². The molecule has 0 atom stereocenters. The standard InChI is InChI=1S/C10H11N3/c1-8-9(2)12-13(11-8)10-6-4-3-5-7-10/h3-7H,1-2H3. The molecule has 3 heteroatoms. The number of hydrogen-bond donors (Lipinski definition) is 0. The highest BCUT2D eigenvalue weighted by atomic mass is 15.5. The second kappa shape index (κ2) is 3.01. The maximum atomic E-state index is 4.29. The minimum Gasteiger partial charge on any atom is -0.153 e. The Balaban J connectivity index is 2.48. The van der Waals surface area contributed by atoms with Crippen molar-refractivity contribution < 1.29 is 0 Å². The Labute approximate surface area is 77.0 Å². The van der Waals surface area contributed by atoms with Crippen molar-refractivity contribution in [3.05, 3.63) is 41.7 Å². The van der Waals surface area contributed by atoms with E-state index in [2.05, 4.69) is 10.2 Å². The van der Waals surface area contributed by atoms with E-state index in [0.717, 1.165) is 17.1 Å². The number of hydrogen-bond acceptors (Lipinski definition) is 2. The third kappa shape index (κ3) is 1.45. The number of rotatable bonds is 1. The maximum Gasteiger partial charge on any atom is 0.0856 e. The van der Waals surface area contributed by atoms with Crippen molar-refractivity contribution in [2.24, 2.45) is 0 Å². The molecule has 0 N–H and O–H groups in total. The highest BCUT2D eigenvalue weighted by Gasteiger charge is 2.02. The predicted molar refractivity (Wildman–Crippen MR) is 50.8 cm³/mol. The van der Waals surface area contributed by atoms with Gasteiger partial charge in [-0.05, 0) is 26.0 Å². The van der Waals surface area contributed by atoms with Crippen molar-refractivity contribution in [2.75, 3.05) is 0 Å². The molecule has 1 aromatic carbocycles. The van der Waals surface area contributed by atoms with E-state index in [4.69, 9.17) is 0 Å². The van der Waals surface area contributed by atoms with E-state index >= 15 is 0 Å². The lowest BCUT2D eigenvalue weighted by molar-refractivity contribution is 0.741. The van der Waals surface area contributed by atoms with Gasteiger partial charge in [-0.25, -0.2) is 0 Å². The van der Waals surface area contributed by atoms with Gasteiger partial charge in [0.25, 0.3) is 0 Å². The van der Waals surface area contributed by atoms with E-state index in [-0.39, 0.29) is 0 Å². The van der Waals surface area contributed by atoms with Crippen molar-refractivity contribution in [2.45, 2.75) is 13.8 Å². The van der Waals surface area contributed by atoms with Crippen LogP contribution in [0.5, 0.6) is 0 Å². The molecule has 0 fully saturated rings. The van der Waals surface area contributed by atoms with Gasteiger partial charge in [0.05, 0.1) is 17.1 Å². The van der Waals surface area contributed by atoms with Crippen molar-refractivity contribution >= 4 is 0 Å². The molecule has 0 aliphatic carbocycles. The molecule has 1 heterocycles. The average molecular weight is 173 g/mol. The molecular weight excluding hydrogens is 162 g/mol. The van der Waals surface area contributed by atoms with Crippen LogP contribution in [-0.4, -0.2) is 15.0 Å². The molecule has 0 amide bonds. The molecule has 0 spiro atoms. The largest absolute Gasteiger partial charge is 0.153 e. The Morgan fingerprint density at radius 2 is 1.46 bits per heavy atom. The highest BCUT2D eigenvalue weighted by Crippen LogP contribution is 2.06. The van der Waals surface area contributed by atoms with E-state index < -0.39 is 0 Å². The molecule has 0 unspecified atom stereocenters. The SMILES string of the molecule is Cc1nn(-c2ccccc2)nc1C. The minimum atomic E-state index is 0.976. The van der Waals surface area contributed by atoms with Crippen LogP contribution in [0, 0.1) is 13.8 Å². The lowest BCUT2D eigenvalue weighted by Crippen LogP contribution is -1.97. The van der Waals surface area contributed by atoms with Crippen molar-refractivity contribution in [3.63, 3.8) is 0 Å². The Morgan fingerprint density at radius 3 is 2.00 bits per heavy atom. The Morgan fingerprint density at radius 1 is 0.923 bits per heavy atom. The van der Waals surface area contributed by atoms with E-state index in [0.29, 0.717) is 0 Å². The molecule has 0 aliphatic rings. The minimum absolute atomic E-state index is 0.976. The number of aromatic nitrogens is 3. The summed E-state index contributed by atoms with van der Waals surface area (Å²) >= 11 is 0. The Bertz CT molecular complexity index is 384. The first kappa shape index (κ1) is 7.98. The molecule has 0 radical (unpaired) electrons. The van der Waals surface area contributed by atoms with Crippen LogP contribution in [0.4, 0.5) is 0 Å². The van der Waals surface area contributed by atoms with Crippen LogP contribution in [0.1, 0.15) is 11.4 Å². The zero-order valence-electron chi connectivity index (χ0n) is 7.73. The monoisotopic (exact) mass is 173 g/mol. The lowest BCUT2D eigenvalue weighted by Gasteiger charge is -1.96. The van der Waals surface area contributed by atoms with Crippen molar-refractivity contribution in [1.82, 2.24) is 15.0 Å². The summed E-state index contributed by atoms with van der Waals surface area (Å²) in [5.41, 5.74) is 2.95. The number of aryl methyl sites for hydroxylation is 2. The van der Waals surface area contributed by atoms with Crippen molar-refractivity contribution in [3.8, 4) is 5.69 Å². The van der Waals surface area contributed by atoms with E-state index in [1.807, 2.05) is 44.2 Å². The molecule has 0 aliphatic heterocycles. The fourth-order valence-electron chi connectivity index (χ4n) is 1.13. The fourth-order valence-corrected chi connectivity index (χ4v) is 1.13. The third-order valence-corrected chi connectivity index (χ3v) is 2.00. The van der Waals surface area contributed by atoms with Crippen LogP contribution in [0.25, 0.3) is 5.69 Å². The summed E-state index contributed by atoms with van der Waals surface area (Å²) in [6.07, 6.45) is 0. The van der Waals surface area contributed by atoms with Gasteiger partial charge in [-0.3, -0.25) is 0 Å². The molecule has 66 valence electrons. The first-order valence-corrected chi connectivity index (χ1v) is 4.23. The van der Waals surface area contributed by atoms with Gasteiger partial charge >= 0.3 is 0 Å². The van der Waals surface area contributed by atoms with Crippen LogP contribution >= 0.6 is 0 Å². The van der Waals surface area contributed by atoms with Crippen LogP contribution in [0.3, 0.4) is 0 Å². The number of para-hydroxylation sites is 1. The van der Waals surface area contributed by atoms with Gasteiger partial charge in [0.2, 0.25) is 0 Å². The van der Waals surface area contributed by atoms with Gasteiger partial charge in [0.1, 0.15) is 0 Å².